The first-order chi connectivity index (χ1) is 12.5. The maximum Gasteiger partial charge on any atom is 0.238 e. The van der Waals surface area contributed by atoms with Gasteiger partial charge >= 0.3 is 0 Å². The second kappa shape index (κ2) is 8.21. The van der Waals surface area contributed by atoms with E-state index < -0.39 is 5.23 Å². The average Bonchev–Trinajstić information content (AvgIpc) is 2.88. The van der Waals surface area contributed by atoms with Crippen molar-refractivity contribution in [2.75, 3.05) is 6.61 Å². The molecule has 0 aliphatic carbocycles. The number of aromatic nitrogens is 1. The van der Waals surface area contributed by atoms with Gasteiger partial charge in [0.25, 0.3) is 0 Å². The lowest BCUT2D eigenvalue weighted by Gasteiger charge is -2.09. The van der Waals surface area contributed by atoms with Gasteiger partial charge in [-0.15, -0.1) is 0 Å². The third-order valence-corrected chi connectivity index (χ3v) is 4.89. The molecule has 0 saturated carbocycles. The van der Waals surface area contributed by atoms with E-state index in [-0.39, 0.29) is 5.91 Å². The summed E-state index contributed by atoms with van der Waals surface area (Å²) in [4.78, 5) is 16.3. The lowest BCUT2D eigenvalue weighted by Crippen LogP contribution is -2.23. The van der Waals surface area contributed by atoms with Crippen molar-refractivity contribution in [3.8, 4) is 5.75 Å². The first kappa shape index (κ1) is 16.2. The fourth-order valence-corrected chi connectivity index (χ4v) is 3.33. The summed E-state index contributed by atoms with van der Waals surface area (Å²) in [6.07, 6.45) is 3.98. The fourth-order valence-electron chi connectivity index (χ4n) is 2.51. The van der Waals surface area contributed by atoms with E-state index in [0.29, 0.717) is 18.1 Å². The summed E-state index contributed by atoms with van der Waals surface area (Å²) in [7, 11) is 0. The molecular formula is C20H22N2O2S. The first-order valence-corrected chi connectivity index (χ1v) is 9.15. The van der Waals surface area contributed by atoms with E-state index in [2.05, 4.69) is 29.9 Å². The van der Waals surface area contributed by atoms with Crippen LogP contribution in [0.1, 0.15) is 25.1 Å². The second-order valence-electron chi connectivity index (χ2n) is 5.83. The van der Waals surface area contributed by atoms with Gasteiger partial charge in [-0.2, -0.15) is 0 Å². The van der Waals surface area contributed by atoms with Crippen molar-refractivity contribution in [3.63, 3.8) is 0 Å². The Labute approximate surface area is 154 Å². The van der Waals surface area contributed by atoms with Gasteiger partial charge in [0, 0.05) is 18.3 Å². The van der Waals surface area contributed by atoms with Crippen LogP contribution in [0.4, 0.5) is 0 Å². The molecule has 3 rings (SSSR count). The predicted molar refractivity (Wildman–Crippen MR) is 102 cm³/mol. The quantitative estimate of drug-likeness (QED) is 0.826. The minimum Gasteiger partial charge on any atom is -0.493 e. The highest BCUT2D eigenvalue weighted by Gasteiger charge is 2.27. The molecule has 0 unspecified atom stereocenters. The van der Waals surface area contributed by atoms with Gasteiger partial charge in [0.1, 0.15) is 5.75 Å². The minimum atomic E-state index is -1.24. The molecule has 1 amide bonds. The van der Waals surface area contributed by atoms with Crippen molar-refractivity contribution in [3.05, 3.63) is 71.0 Å². The summed E-state index contributed by atoms with van der Waals surface area (Å²) in [5.74, 6) is 0.459. The Morgan fingerprint density at radius 1 is 1.28 bits per heavy atom. The molecule has 0 radical (unpaired) electrons. The van der Waals surface area contributed by atoms with Gasteiger partial charge < -0.3 is 10.1 Å². The van der Waals surface area contributed by atoms with Gasteiger partial charge in [0.05, 0.1) is 18.2 Å². The summed E-state index contributed by atoms with van der Waals surface area (Å²) in [5, 5.41) is 1.89. The number of amides is 1. The number of rotatable bonds is 7. The lowest BCUT2D eigenvalue weighted by molar-refractivity contribution is -0.119. The largest absolute Gasteiger partial charge is 0.493 e. The maximum absolute atomic E-state index is 11.9. The van der Waals surface area contributed by atoms with Gasteiger partial charge in [-0.1, -0.05) is 43.5 Å². The second-order valence-corrected chi connectivity index (χ2v) is 7.02. The van der Waals surface area contributed by atoms with E-state index in [0.717, 1.165) is 41.6 Å². The number of nitrogens with zero attached hydrogens (tertiary/aromatic N) is 1. The third-order valence-electron chi connectivity index (χ3n) is 3.96. The van der Waals surface area contributed by atoms with E-state index in [4.69, 9.17) is 6.11 Å². The zero-order valence-electron chi connectivity index (χ0n) is 15.2. The Bertz CT molecular complexity index is 792. The number of carbonyl (C=O) groups is 1. The molecule has 2 heterocycles. The predicted octanol–water partition coefficient (Wildman–Crippen LogP) is 3.51. The van der Waals surface area contributed by atoms with E-state index >= 15 is 0 Å². The zero-order chi connectivity index (χ0) is 18.6. The molecule has 1 atom stereocenters. The maximum atomic E-state index is 11.9. The van der Waals surface area contributed by atoms with Crippen LogP contribution >= 0.6 is 11.8 Å². The monoisotopic (exact) mass is 355 g/mol. The van der Waals surface area contributed by atoms with E-state index in [1.165, 1.54) is 5.56 Å². The Kier molecular flexibility index (Phi) is 5.32. The normalized spacial score (nSPS) is 20.3. The molecule has 130 valence electrons. The smallest absolute Gasteiger partial charge is 0.238 e. The highest BCUT2D eigenvalue weighted by atomic mass is 32.2. The van der Waals surface area contributed by atoms with Gasteiger partial charge in [-0.3, -0.25) is 9.78 Å². The molecule has 1 aromatic heterocycles. The van der Waals surface area contributed by atoms with Crippen molar-refractivity contribution in [1.29, 1.82) is 0 Å². The molecule has 1 aliphatic rings. The zero-order valence-corrected chi connectivity index (χ0v) is 15.1. The number of carbonyl (C=O) groups excluding carboxylic acids is 1. The van der Waals surface area contributed by atoms with Crippen LogP contribution in [0.15, 0.2) is 54.2 Å². The number of benzene rings is 1. The molecule has 1 aliphatic heterocycles. The molecule has 1 saturated heterocycles. The van der Waals surface area contributed by atoms with Crippen LogP contribution in [0.25, 0.3) is 0 Å². The van der Waals surface area contributed by atoms with E-state index in [1.807, 2.05) is 36.5 Å². The standard InChI is InChI=1S/C20H22N2O2S/c1-3-15-4-7-17(21-13-15)10-11-24-18-8-5-16(6-9-18)12-19-20(23)22-14(2)25-19/h4-9,13,19H,2-3,10-12H2,1H3,(H,22,23)/t19-/m0/s1/i19D. The first-order valence-electron chi connectivity index (χ1n) is 8.83. The van der Waals surface area contributed by atoms with Crippen molar-refractivity contribution >= 4 is 17.7 Å². The molecular weight excluding hydrogens is 332 g/mol. The Morgan fingerprint density at radius 2 is 2.04 bits per heavy atom. The van der Waals surface area contributed by atoms with Crippen molar-refractivity contribution in [1.82, 2.24) is 10.3 Å². The molecule has 25 heavy (non-hydrogen) atoms. The SMILES string of the molecule is [2H][C@@]1(Cc2ccc(OCCc3ccc(CC)cn3)cc2)SC(=C)NC1=O. The van der Waals surface area contributed by atoms with Crippen LogP contribution in [-0.4, -0.2) is 22.7 Å². The summed E-state index contributed by atoms with van der Waals surface area (Å²) in [6, 6.07) is 11.7. The Hall–Kier alpha value is -2.27. The number of hydrogen-bond acceptors (Lipinski definition) is 4. The van der Waals surface area contributed by atoms with Crippen LogP contribution in [0.3, 0.4) is 0 Å². The van der Waals surface area contributed by atoms with Crippen LogP contribution < -0.4 is 10.1 Å². The summed E-state index contributed by atoms with van der Waals surface area (Å²) in [5.41, 5.74) is 3.16. The number of pyridine rings is 1. The highest BCUT2D eigenvalue weighted by molar-refractivity contribution is 8.04. The third kappa shape index (κ3) is 4.86. The van der Waals surface area contributed by atoms with Crippen LogP contribution in [0.5, 0.6) is 5.75 Å². The van der Waals surface area contributed by atoms with Crippen LogP contribution in [0.2, 0.25) is 0 Å². The number of aryl methyl sites for hydroxylation is 1. The topological polar surface area (TPSA) is 51.2 Å². The van der Waals surface area contributed by atoms with Crippen molar-refractivity contribution < 1.29 is 10.9 Å². The molecule has 4 nitrogen and oxygen atoms in total. The lowest BCUT2D eigenvalue weighted by atomic mass is 10.1. The Balaban J connectivity index is 1.51. The van der Waals surface area contributed by atoms with Crippen molar-refractivity contribution in [2.24, 2.45) is 0 Å². The summed E-state index contributed by atoms with van der Waals surface area (Å²) in [6.45, 7) is 6.38. The number of nitrogens with one attached hydrogen (secondary N) is 1. The van der Waals surface area contributed by atoms with Crippen LogP contribution in [-0.2, 0) is 24.1 Å². The number of thioether (sulfide) groups is 1. The molecule has 1 N–H and O–H groups in total. The fraction of sp³-hybridized carbons (Fsp3) is 0.300. The molecule has 0 spiro atoms. The summed E-state index contributed by atoms with van der Waals surface area (Å²) >= 11 is 1.16. The molecule has 0 bridgehead atoms. The molecule has 2 aromatic rings. The molecule has 1 aromatic carbocycles. The summed E-state index contributed by atoms with van der Waals surface area (Å²) < 4.78 is 14.1. The average molecular weight is 355 g/mol. The van der Waals surface area contributed by atoms with Gasteiger partial charge in [0.15, 0.2) is 0 Å². The number of hydrogen-bond donors (Lipinski definition) is 1. The molecule has 1 fully saturated rings. The minimum absolute atomic E-state index is 0.311. The van der Waals surface area contributed by atoms with Crippen molar-refractivity contribution in [2.45, 2.75) is 31.4 Å². The molecule has 5 heteroatoms. The van der Waals surface area contributed by atoms with E-state index in [9.17, 15) is 4.79 Å². The highest BCUT2D eigenvalue weighted by Crippen LogP contribution is 2.28. The Morgan fingerprint density at radius 3 is 2.64 bits per heavy atom. The van der Waals surface area contributed by atoms with Gasteiger partial charge in [-0.25, -0.2) is 0 Å². The number of ether oxygens (including phenoxy) is 1. The van der Waals surface area contributed by atoms with Gasteiger partial charge in [-0.05, 0) is 42.2 Å². The van der Waals surface area contributed by atoms with Gasteiger partial charge in [0.2, 0.25) is 5.91 Å². The van der Waals surface area contributed by atoms with E-state index in [1.54, 1.807) is 0 Å². The van der Waals surface area contributed by atoms with Crippen LogP contribution in [0, 0.1) is 0 Å².